The third kappa shape index (κ3) is 7.50. The van der Waals surface area contributed by atoms with Crippen LogP contribution in [0.15, 0.2) is 46.6 Å². The highest BCUT2D eigenvalue weighted by Gasteiger charge is 2.41. The van der Waals surface area contributed by atoms with E-state index in [1.54, 1.807) is 6.07 Å². The molecule has 4 aromatic rings. The zero-order chi connectivity index (χ0) is 32.4. The lowest BCUT2D eigenvalue weighted by atomic mass is 9.89. The van der Waals surface area contributed by atoms with Crippen molar-refractivity contribution in [2.24, 2.45) is 0 Å². The maximum absolute atomic E-state index is 15.0. The normalized spacial score (nSPS) is 18.4. The molecule has 0 bridgehead atoms. The SMILES string of the molecule is CC(C)c1nc(C(=O)N2CCOC3(CCN(Cc4cccc(CC(F)NC(O)Cc5ccc(O)c6[nH]c(=O)sc56)c4)CC3)C2)cs1. The number of aliphatic hydroxyl groups is 1. The number of morpholine rings is 1. The number of fused-ring (bicyclic) bond motifs is 1. The lowest BCUT2D eigenvalue weighted by Crippen LogP contribution is -2.58. The number of aliphatic hydroxyl groups excluding tert-OH is 1. The minimum Gasteiger partial charge on any atom is -0.506 e. The third-order valence-corrected chi connectivity index (χ3v) is 10.9. The molecule has 0 radical (unpaired) electrons. The molecule has 2 aliphatic heterocycles. The number of nitrogens with one attached hydrogen (secondary N) is 2. The number of amides is 1. The monoisotopic (exact) mass is 669 g/mol. The highest BCUT2D eigenvalue weighted by molar-refractivity contribution is 7.16. The number of thiazole rings is 2. The number of ether oxygens (including phenoxy) is 1. The molecule has 10 nitrogen and oxygen atoms in total. The molecule has 1 spiro atoms. The predicted molar refractivity (Wildman–Crippen MR) is 177 cm³/mol. The Balaban J connectivity index is 0.991. The van der Waals surface area contributed by atoms with E-state index in [0.717, 1.165) is 59.9 Å². The molecule has 2 saturated heterocycles. The average Bonchev–Trinajstić information content (AvgIpc) is 3.68. The van der Waals surface area contributed by atoms with Crippen molar-refractivity contribution in [2.75, 3.05) is 32.8 Å². The fourth-order valence-corrected chi connectivity index (χ4v) is 8.03. The molecule has 1 amide bonds. The molecule has 2 atom stereocenters. The van der Waals surface area contributed by atoms with E-state index in [1.165, 1.54) is 17.4 Å². The summed E-state index contributed by atoms with van der Waals surface area (Å²) in [6.45, 7) is 8.23. The number of rotatable bonds is 10. The van der Waals surface area contributed by atoms with Gasteiger partial charge in [0.05, 0.1) is 28.5 Å². The maximum Gasteiger partial charge on any atom is 0.305 e. The van der Waals surface area contributed by atoms with Crippen LogP contribution in [0.3, 0.4) is 0 Å². The number of H-pyrrole nitrogens is 1. The first-order chi connectivity index (χ1) is 22.1. The molecule has 2 aliphatic rings. The standard InChI is InChI=1S/C33H40FN5O5S2/c1-20(2)30-35-24(18-45-30)31(42)39-12-13-44-33(19-39)8-10-38(11-9-33)17-22-5-3-4-21(14-22)15-26(34)36-27(41)16-23-6-7-25(40)28-29(23)46-32(43)37-28/h3-7,14,18,20,26-27,36,40-41H,8-13,15-17,19H2,1-2H3,(H,37,43). The number of aromatic hydroxyl groups is 1. The van der Waals surface area contributed by atoms with E-state index < -0.39 is 12.5 Å². The van der Waals surface area contributed by atoms with Gasteiger partial charge in [0.15, 0.2) is 6.30 Å². The van der Waals surface area contributed by atoms with E-state index >= 15 is 4.39 Å². The summed E-state index contributed by atoms with van der Waals surface area (Å²) in [5.74, 6) is 0.237. The largest absolute Gasteiger partial charge is 0.506 e. The van der Waals surface area contributed by atoms with Gasteiger partial charge >= 0.3 is 4.87 Å². The van der Waals surface area contributed by atoms with Crippen molar-refractivity contribution in [2.45, 2.75) is 70.1 Å². The number of likely N-dealkylation sites (tertiary alicyclic amines) is 1. The van der Waals surface area contributed by atoms with Crippen molar-refractivity contribution in [1.82, 2.24) is 25.1 Å². The summed E-state index contributed by atoms with van der Waals surface area (Å²) in [4.78, 5) is 36.1. The van der Waals surface area contributed by atoms with E-state index in [9.17, 15) is 19.8 Å². The second-order valence-electron chi connectivity index (χ2n) is 12.6. The fraction of sp³-hybridized carbons (Fsp3) is 0.485. The number of aromatic nitrogens is 2. The molecule has 13 heteroatoms. The number of aromatic amines is 1. The molecule has 2 aromatic heterocycles. The van der Waals surface area contributed by atoms with Crippen LogP contribution in [0, 0.1) is 0 Å². The van der Waals surface area contributed by atoms with Crippen LogP contribution in [0.25, 0.3) is 10.2 Å². The average molecular weight is 670 g/mol. The maximum atomic E-state index is 15.0. The Morgan fingerprint density at radius 1 is 1.17 bits per heavy atom. The van der Waals surface area contributed by atoms with Crippen molar-refractivity contribution in [3.8, 4) is 5.75 Å². The first-order valence-electron chi connectivity index (χ1n) is 15.7. The number of phenols is 1. The number of nitrogens with zero attached hydrogens (tertiary/aromatic N) is 3. The van der Waals surface area contributed by atoms with Gasteiger partial charge < -0.3 is 24.8 Å². The summed E-state index contributed by atoms with van der Waals surface area (Å²) in [6.07, 6.45) is -0.825. The molecule has 2 unspecified atom stereocenters. The van der Waals surface area contributed by atoms with E-state index in [-0.39, 0.29) is 35.0 Å². The second-order valence-corrected chi connectivity index (χ2v) is 14.5. The van der Waals surface area contributed by atoms with Gasteiger partial charge in [-0.05, 0) is 35.6 Å². The summed E-state index contributed by atoms with van der Waals surface area (Å²) in [7, 11) is 0. The number of benzene rings is 2. The Kier molecular flexibility index (Phi) is 9.88. The van der Waals surface area contributed by atoms with Crippen LogP contribution in [0.2, 0.25) is 0 Å². The van der Waals surface area contributed by atoms with Crippen molar-refractivity contribution in [1.29, 1.82) is 0 Å². The summed E-state index contributed by atoms with van der Waals surface area (Å²) in [5.41, 5.74) is 3.06. The first-order valence-corrected chi connectivity index (χ1v) is 17.4. The lowest BCUT2D eigenvalue weighted by molar-refractivity contribution is -0.128. The minimum atomic E-state index is -1.48. The van der Waals surface area contributed by atoms with Crippen LogP contribution in [-0.2, 0) is 24.1 Å². The molecule has 4 heterocycles. The van der Waals surface area contributed by atoms with Crippen LogP contribution in [-0.4, -0.2) is 86.8 Å². The van der Waals surface area contributed by atoms with E-state index in [1.807, 2.05) is 34.5 Å². The number of hydrogen-bond acceptors (Lipinski definition) is 10. The quantitative estimate of drug-likeness (QED) is 0.145. The van der Waals surface area contributed by atoms with Crippen LogP contribution in [0.4, 0.5) is 4.39 Å². The number of hydrogen-bond donors (Lipinski definition) is 4. The summed E-state index contributed by atoms with van der Waals surface area (Å²) >= 11 is 2.49. The number of alkyl halides is 1. The van der Waals surface area contributed by atoms with Gasteiger partial charge in [-0.2, -0.15) is 0 Å². The van der Waals surface area contributed by atoms with Crippen molar-refractivity contribution >= 4 is 38.8 Å². The van der Waals surface area contributed by atoms with Crippen LogP contribution in [0.1, 0.15) is 64.8 Å². The number of piperidine rings is 1. The van der Waals surface area contributed by atoms with Crippen molar-refractivity contribution < 1.29 is 24.1 Å². The van der Waals surface area contributed by atoms with Gasteiger partial charge in [-0.1, -0.05) is 55.5 Å². The van der Waals surface area contributed by atoms with E-state index in [4.69, 9.17) is 4.74 Å². The number of carbonyl (C=O) groups is 1. The highest BCUT2D eigenvalue weighted by atomic mass is 32.1. The Morgan fingerprint density at radius 3 is 2.72 bits per heavy atom. The Labute approximate surface area is 274 Å². The lowest BCUT2D eigenvalue weighted by Gasteiger charge is -2.47. The van der Waals surface area contributed by atoms with Crippen LogP contribution >= 0.6 is 22.7 Å². The molecule has 6 rings (SSSR count). The van der Waals surface area contributed by atoms with Gasteiger partial charge in [0.2, 0.25) is 0 Å². The molecule has 2 aromatic carbocycles. The molecular formula is C33H40FN5O5S2. The van der Waals surface area contributed by atoms with Gasteiger partial charge in [-0.3, -0.25) is 19.8 Å². The second kappa shape index (κ2) is 13.9. The molecular weight excluding hydrogens is 630 g/mol. The fourth-order valence-electron chi connectivity index (χ4n) is 6.34. The predicted octanol–water partition coefficient (Wildman–Crippen LogP) is 4.37. The zero-order valence-corrected chi connectivity index (χ0v) is 27.6. The van der Waals surface area contributed by atoms with Gasteiger partial charge in [0, 0.05) is 50.3 Å². The van der Waals surface area contributed by atoms with Crippen molar-refractivity contribution in [3.63, 3.8) is 0 Å². The molecule has 246 valence electrons. The van der Waals surface area contributed by atoms with Gasteiger partial charge in [0.1, 0.15) is 23.2 Å². The third-order valence-electron chi connectivity index (χ3n) is 8.78. The van der Waals surface area contributed by atoms with Crippen LogP contribution in [0.5, 0.6) is 5.75 Å². The van der Waals surface area contributed by atoms with E-state index in [2.05, 4.69) is 34.0 Å². The number of carbonyl (C=O) groups excluding carboxylic acids is 1. The van der Waals surface area contributed by atoms with Crippen LogP contribution < -0.4 is 10.2 Å². The summed E-state index contributed by atoms with van der Waals surface area (Å²) < 4.78 is 21.9. The zero-order valence-electron chi connectivity index (χ0n) is 26.0. The van der Waals surface area contributed by atoms with E-state index in [0.29, 0.717) is 47.1 Å². The summed E-state index contributed by atoms with van der Waals surface area (Å²) in [5, 5.41) is 26.0. The smallest absolute Gasteiger partial charge is 0.305 e. The van der Waals surface area contributed by atoms with Crippen molar-refractivity contribution in [3.05, 3.63) is 78.8 Å². The molecule has 0 aliphatic carbocycles. The van der Waals surface area contributed by atoms with Gasteiger partial charge in [-0.25, -0.2) is 9.37 Å². The van der Waals surface area contributed by atoms with Gasteiger partial charge in [0.25, 0.3) is 5.91 Å². The summed E-state index contributed by atoms with van der Waals surface area (Å²) in [6, 6.07) is 10.9. The molecule has 0 saturated carbocycles. The van der Waals surface area contributed by atoms with Gasteiger partial charge in [-0.15, -0.1) is 11.3 Å². The Morgan fingerprint density at radius 2 is 1.96 bits per heavy atom. The topological polar surface area (TPSA) is 131 Å². The number of phenolic OH excluding ortho intramolecular Hbond substituents is 1. The highest BCUT2D eigenvalue weighted by Crippen LogP contribution is 2.32. The Hall–Kier alpha value is -3.20. The number of halogens is 1. The molecule has 46 heavy (non-hydrogen) atoms. The Bertz CT molecular complexity index is 1730. The molecule has 4 N–H and O–H groups in total. The molecule has 2 fully saturated rings. The minimum absolute atomic E-state index is 0.0186. The first kappa shape index (κ1) is 32.7.